The highest BCUT2D eigenvalue weighted by molar-refractivity contribution is 8.00. The van der Waals surface area contributed by atoms with Gasteiger partial charge in [0.05, 0.1) is 18.7 Å². The number of ether oxygens (including phenoxy) is 1. The summed E-state index contributed by atoms with van der Waals surface area (Å²) in [6.45, 7) is 2.19. The molecule has 6 heteroatoms. The standard InChI is InChI=1S/C13H14N2O2S2/c1-2-17-12(16)8-10-9-18-13(14-10)15-19-11-6-4-3-5-7-11/h3-7,9H,2,8H2,1H3,(H,14,15). The van der Waals surface area contributed by atoms with E-state index in [2.05, 4.69) is 9.71 Å². The number of thiazole rings is 1. The van der Waals surface area contributed by atoms with Crippen molar-refractivity contribution in [1.29, 1.82) is 0 Å². The third-order valence-corrected chi connectivity index (χ3v) is 3.92. The summed E-state index contributed by atoms with van der Waals surface area (Å²) in [7, 11) is 0. The van der Waals surface area contributed by atoms with E-state index < -0.39 is 0 Å². The van der Waals surface area contributed by atoms with E-state index in [1.165, 1.54) is 23.3 Å². The first-order chi connectivity index (χ1) is 9.28. The smallest absolute Gasteiger partial charge is 0.311 e. The molecule has 0 unspecified atom stereocenters. The molecule has 0 radical (unpaired) electrons. The number of hydrogen-bond donors (Lipinski definition) is 1. The number of nitrogens with one attached hydrogen (secondary N) is 1. The highest BCUT2D eigenvalue weighted by Gasteiger charge is 2.08. The summed E-state index contributed by atoms with van der Waals surface area (Å²) in [4.78, 5) is 16.8. The van der Waals surface area contributed by atoms with Crippen molar-refractivity contribution in [1.82, 2.24) is 4.98 Å². The summed E-state index contributed by atoms with van der Waals surface area (Å²) in [5.74, 6) is -0.241. The molecule has 2 rings (SSSR count). The zero-order chi connectivity index (χ0) is 13.5. The first-order valence-electron chi connectivity index (χ1n) is 5.86. The van der Waals surface area contributed by atoms with Gasteiger partial charge in [-0.15, -0.1) is 11.3 Å². The number of carbonyl (C=O) groups is 1. The monoisotopic (exact) mass is 294 g/mol. The molecule has 19 heavy (non-hydrogen) atoms. The number of rotatable bonds is 6. The Balaban J connectivity index is 1.85. The van der Waals surface area contributed by atoms with Gasteiger partial charge in [-0.1, -0.05) is 18.2 Å². The molecule has 0 amide bonds. The van der Waals surface area contributed by atoms with E-state index in [9.17, 15) is 4.79 Å². The molecule has 1 heterocycles. The quantitative estimate of drug-likeness (QED) is 0.654. The Hall–Kier alpha value is -1.53. The maximum absolute atomic E-state index is 11.3. The largest absolute Gasteiger partial charge is 0.466 e. The molecule has 100 valence electrons. The minimum Gasteiger partial charge on any atom is -0.466 e. The number of hydrogen-bond acceptors (Lipinski definition) is 6. The van der Waals surface area contributed by atoms with Crippen molar-refractivity contribution in [3.05, 3.63) is 41.4 Å². The van der Waals surface area contributed by atoms with Crippen LogP contribution in [0.3, 0.4) is 0 Å². The van der Waals surface area contributed by atoms with E-state index in [0.29, 0.717) is 6.61 Å². The molecule has 0 bridgehead atoms. The Kier molecular flexibility index (Phi) is 5.23. The summed E-state index contributed by atoms with van der Waals surface area (Å²) in [6.07, 6.45) is 0.224. The fourth-order valence-electron chi connectivity index (χ4n) is 1.39. The second-order valence-electron chi connectivity index (χ2n) is 3.64. The van der Waals surface area contributed by atoms with Crippen molar-refractivity contribution in [2.45, 2.75) is 18.2 Å². The van der Waals surface area contributed by atoms with Crippen molar-refractivity contribution in [3.63, 3.8) is 0 Å². The Morgan fingerprint density at radius 2 is 2.21 bits per heavy atom. The van der Waals surface area contributed by atoms with Gasteiger partial charge < -0.3 is 9.46 Å². The van der Waals surface area contributed by atoms with Gasteiger partial charge in [-0.05, 0) is 31.0 Å². The Morgan fingerprint density at radius 1 is 1.42 bits per heavy atom. The minimum atomic E-state index is -0.241. The normalized spacial score (nSPS) is 10.2. The lowest BCUT2D eigenvalue weighted by atomic mass is 10.3. The number of carbonyl (C=O) groups excluding carboxylic acids is 1. The van der Waals surface area contributed by atoms with E-state index in [4.69, 9.17) is 4.74 Å². The lowest BCUT2D eigenvalue weighted by Gasteiger charge is -2.01. The minimum absolute atomic E-state index is 0.224. The first kappa shape index (κ1) is 13.9. The molecule has 2 aromatic rings. The fourth-order valence-corrected chi connectivity index (χ4v) is 2.80. The molecule has 0 saturated carbocycles. The van der Waals surface area contributed by atoms with E-state index in [1.54, 1.807) is 6.92 Å². The number of anilines is 1. The van der Waals surface area contributed by atoms with Gasteiger partial charge in [0.1, 0.15) is 0 Å². The van der Waals surface area contributed by atoms with E-state index in [1.807, 2.05) is 35.7 Å². The average Bonchev–Trinajstić information content (AvgIpc) is 2.85. The second-order valence-corrected chi connectivity index (χ2v) is 5.38. The van der Waals surface area contributed by atoms with Gasteiger partial charge in [-0.3, -0.25) is 4.79 Å². The molecule has 4 nitrogen and oxygen atoms in total. The molecule has 1 aromatic heterocycles. The van der Waals surface area contributed by atoms with E-state index >= 15 is 0 Å². The first-order valence-corrected chi connectivity index (χ1v) is 7.55. The van der Waals surface area contributed by atoms with Crippen LogP contribution in [0.4, 0.5) is 5.13 Å². The van der Waals surface area contributed by atoms with Gasteiger partial charge in [0.25, 0.3) is 0 Å². The summed E-state index contributed by atoms with van der Waals surface area (Å²) < 4.78 is 8.04. The van der Waals surface area contributed by atoms with Crippen LogP contribution in [0.2, 0.25) is 0 Å². The SMILES string of the molecule is CCOC(=O)Cc1csc(NSc2ccccc2)n1. The van der Waals surface area contributed by atoms with Crippen LogP contribution in [0.15, 0.2) is 40.6 Å². The molecule has 0 saturated heterocycles. The van der Waals surface area contributed by atoms with Crippen LogP contribution in [0.5, 0.6) is 0 Å². The Labute approximate surface area is 120 Å². The fraction of sp³-hybridized carbons (Fsp3) is 0.231. The van der Waals surface area contributed by atoms with Crippen molar-refractivity contribution >= 4 is 34.4 Å². The van der Waals surface area contributed by atoms with E-state index in [0.717, 1.165) is 15.7 Å². The Bertz CT molecular complexity index is 528. The third-order valence-electron chi connectivity index (χ3n) is 2.18. The van der Waals surface area contributed by atoms with Crippen LogP contribution in [-0.4, -0.2) is 17.6 Å². The molecule has 1 aromatic carbocycles. The Morgan fingerprint density at radius 3 is 2.95 bits per heavy atom. The van der Waals surface area contributed by atoms with Crippen molar-refractivity contribution in [2.75, 3.05) is 11.3 Å². The highest BCUT2D eigenvalue weighted by Crippen LogP contribution is 2.23. The van der Waals surface area contributed by atoms with Crippen molar-refractivity contribution in [2.24, 2.45) is 0 Å². The number of nitrogens with zero attached hydrogens (tertiary/aromatic N) is 1. The second kappa shape index (κ2) is 7.16. The van der Waals surface area contributed by atoms with Crippen LogP contribution in [-0.2, 0) is 16.0 Å². The average molecular weight is 294 g/mol. The molecular weight excluding hydrogens is 280 g/mol. The topological polar surface area (TPSA) is 51.2 Å². The van der Waals surface area contributed by atoms with Gasteiger partial charge in [0.15, 0.2) is 5.13 Å². The molecule has 0 aliphatic rings. The van der Waals surface area contributed by atoms with Gasteiger partial charge in [-0.2, -0.15) is 0 Å². The lowest BCUT2D eigenvalue weighted by molar-refractivity contribution is -0.142. The predicted molar refractivity (Wildman–Crippen MR) is 78.4 cm³/mol. The maximum atomic E-state index is 11.3. The van der Waals surface area contributed by atoms with Crippen LogP contribution >= 0.6 is 23.3 Å². The van der Waals surface area contributed by atoms with Gasteiger partial charge in [0, 0.05) is 10.3 Å². The van der Waals surface area contributed by atoms with Crippen LogP contribution < -0.4 is 4.72 Å². The summed E-state index contributed by atoms with van der Waals surface area (Å²) in [5, 5.41) is 2.65. The zero-order valence-corrected chi connectivity index (χ0v) is 12.1. The van der Waals surface area contributed by atoms with Crippen molar-refractivity contribution < 1.29 is 9.53 Å². The number of aromatic nitrogens is 1. The number of esters is 1. The van der Waals surface area contributed by atoms with Gasteiger partial charge in [0.2, 0.25) is 0 Å². The van der Waals surface area contributed by atoms with Gasteiger partial charge >= 0.3 is 5.97 Å². The molecule has 0 fully saturated rings. The molecular formula is C13H14N2O2S2. The predicted octanol–water partition coefficient (Wildman–Crippen LogP) is 3.37. The summed E-state index contributed by atoms with van der Waals surface area (Å²) >= 11 is 2.98. The summed E-state index contributed by atoms with van der Waals surface area (Å²) in [5.41, 5.74) is 0.736. The zero-order valence-electron chi connectivity index (χ0n) is 10.5. The van der Waals surface area contributed by atoms with Gasteiger partial charge in [-0.25, -0.2) is 4.98 Å². The molecule has 0 aliphatic carbocycles. The highest BCUT2D eigenvalue weighted by atomic mass is 32.2. The third kappa shape index (κ3) is 4.57. The maximum Gasteiger partial charge on any atom is 0.311 e. The molecule has 1 N–H and O–H groups in total. The summed E-state index contributed by atoms with van der Waals surface area (Å²) in [6, 6.07) is 9.98. The lowest BCUT2D eigenvalue weighted by Crippen LogP contribution is -2.07. The number of benzene rings is 1. The molecule has 0 atom stereocenters. The molecule has 0 aliphatic heterocycles. The van der Waals surface area contributed by atoms with Crippen LogP contribution in [0.1, 0.15) is 12.6 Å². The van der Waals surface area contributed by atoms with E-state index in [-0.39, 0.29) is 12.4 Å². The van der Waals surface area contributed by atoms with Crippen molar-refractivity contribution in [3.8, 4) is 0 Å². The van der Waals surface area contributed by atoms with Crippen LogP contribution in [0.25, 0.3) is 0 Å². The molecule has 0 spiro atoms. The van der Waals surface area contributed by atoms with Crippen LogP contribution in [0, 0.1) is 0 Å².